The van der Waals surface area contributed by atoms with E-state index in [1.807, 2.05) is 24.3 Å². The number of nitrogens with one attached hydrogen (secondary N) is 1. The van der Waals surface area contributed by atoms with Crippen LogP contribution in [0.15, 0.2) is 55.5 Å². The lowest BCUT2D eigenvalue weighted by atomic mass is 10.1. The lowest BCUT2D eigenvalue weighted by Crippen LogP contribution is -2.07. The van der Waals surface area contributed by atoms with E-state index in [0.717, 1.165) is 11.5 Å². The fourth-order valence-electron chi connectivity index (χ4n) is 1.92. The molecule has 0 saturated heterocycles. The Labute approximate surface area is 116 Å². The Hall–Kier alpha value is -2.76. The van der Waals surface area contributed by atoms with Gasteiger partial charge in [-0.05, 0) is 36.8 Å². The summed E-state index contributed by atoms with van der Waals surface area (Å²) < 4.78 is 1.62. The first kappa shape index (κ1) is 12.3. The van der Waals surface area contributed by atoms with E-state index in [0.29, 0.717) is 0 Å². The second kappa shape index (κ2) is 5.48. The van der Waals surface area contributed by atoms with Crippen LogP contribution in [0, 0.1) is 0 Å². The van der Waals surface area contributed by atoms with Gasteiger partial charge in [-0.25, -0.2) is 14.6 Å². The molecule has 6 heteroatoms. The van der Waals surface area contributed by atoms with Gasteiger partial charge in [-0.15, -0.1) is 0 Å². The van der Waals surface area contributed by atoms with Gasteiger partial charge < -0.3 is 5.32 Å². The van der Waals surface area contributed by atoms with Crippen molar-refractivity contribution in [2.24, 2.45) is 0 Å². The molecule has 0 fully saturated rings. The summed E-state index contributed by atoms with van der Waals surface area (Å²) >= 11 is 0. The van der Waals surface area contributed by atoms with Crippen LogP contribution in [0.1, 0.15) is 18.5 Å². The predicted molar refractivity (Wildman–Crippen MR) is 75.4 cm³/mol. The van der Waals surface area contributed by atoms with Crippen LogP contribution in [0.25, 0.3) is 5.82 Å². The average molecular weight is 266 g/mol. The minimum atomic E-state index is 0.192. The van der Waals surface area contributed by atoms with E-state index in [4.69, 9.17) is 0 Å². The highest BCUT2D eigenvalue weighted by atomic mass is 15.3. The molecule has 1 unspecified atom stereocenters. The fourth-order valence-corrected chi connectivity index (χ4v) is 1.92. The molecular formula is C14H14N6. The number of hydrogen-bond donors (Lipinski definition) is 1. The summed E-state index contributed by atoms with van der Waals surface area (Å²) in [6.45, 7) is 2.10. The number of aromatic nitrogens is 5. The van der Waals surface area contributed by atoms with E-state index in [1.165, 1.54) is 11.9 Å². The summed E-state index contributed by atoms with van der Waals surface area (Å²) in [4.78, 5) is 12.3. The third kappa shape index (κ3) is 2.64. The normalized spacial score (nSPS) is 12.1. The van der Waals surface area contributed by atoms with Gasteiger partial charge in [0.25, 0.3) is 0 Å². The van der Waals surface area contributed by atoms with Crippen molar-refractivity contribution in [3.05, 3.63) is 61.1 Å². The maximum absolute atomic E-state index is 4.35. The molecule has 0 aliphatic heterocycles. The van der Waals surface area contributed by atoms with Gasteiger partial charge in [0.2, 0.25) is 0 Å². The SMILES string of the molecule is CC(Nc1ccc(-n2cncn2)nc1)c1ccncc1. The van der Waals surface area contributed by atoms with Crippen molar-refractivity contribution in [2.45, 2.75) is 13.0 Å². The summed E-state index contributed by atoms with van der Waals surface area (Å²) in [6, 6.07) is 8.05. The summed E-state index contributed by atoms with van der Waals surface area (Å²) in [6.07, 6.45) is 8.47. The molecule has 0 amide bonds. The van der Waals surface area contributed by atoms with Crippen LogP contribution in [-0.4, -0.2) is 24.7 Å². The topological polar surface area (TPSA) is 68.5 Å². The number of pyridine rings is 2. The zero-order valence-electron chi connectivity index (χ0n) is 11.0. The molecule has 3 rings (SSSR count). The molecule has 1 atom stereocenters. The Bertz CT molecular complexity index is 648. The number of anilines is 1. The number of hydrogen-bond acceptors (Lipinski definition) is 5. The molecule has 6 nitrogen and oxygen atoms in total. The molecule has 0 aliphatic rings. The minimum absolute atomic E-state index is 0.192. The van der Waals surface area contributed by atoms with Crippen LogP contribution >= 0.6 is 0 Å². The third-order valence-electron chi connectivity index (χ3n) is 2.99. The van der Waals surface area contributed by atoms with Crippen molar-refractivity contribution in [1.82, 2.24) is 24.7 Å². The van der Waals surface area contributed by atoms with E-state index in [-0.39, 0.29) is 6.04 Å². The van der Waals surface area contributed by atoms with Crippen LogP contribution < -0.4 is 5.32 Å². The van der Waals surface area contributed by atoms with E-state index in [2.05, 4.69) is 32.3 Å². The Morgan fingerprint density at radius 1 is 1.10 bits per heavy atom. The van der Waals surface area contributed by atoms with Gasteiger partial charge in [0.15, 0.2) is 5.82 Å². The first-order chi connectivity index (χ1) is 9.83. The van der Waals surface area contributed by atoms with Crippen LogP contribution in [0.3, 0.4) is 0 Å². The molecular weight excluding hydrogens is 252 g/mol. The van der Waals surface area contributed by atoms with Crippen molar-refractivity contribution in [3.8, 4) is 5.82 Å². The largest absolute Gasteiger partial charge is 0.377 e. The second-order valence-electron chi connectivity index (χ2n) is 4.39. The minimum Gasteiger partial charge on any atom is -0.377 e. The lowest BCUT2D eigenvalue weighted by molar-refractivity contribution is 0.841. The summed E-state index contributed by atoms with van der Waals surface area (Å²) in [5.41, 5.74) is 2.14. The van der Waals surface area contributed by atoms with Crippen molar-refractivity contribution < 1.29 is 0 Å². The molecule has 20 heavy (non-hydrogen) atoms. The zero-order chi connectivity index (χ0) is 13.8. The monoisotopic (exact) mass is 266 g/mol. The molecule has 0 saturated carbocycles. The van der Waals surface area contributed by atoms with Crippen LogP contribution in [0.5, 0.6) is 0 Å². The molecule has 3 aromatic rings. The first-order valence-electron chi connectivity index (χ1n) is 6.30. The summed E-state index contributed by atoms with van der Waals surface area (Å²) in [5.74, 6) is 0.740. The maximum Gasteiger partial charge on any atom is 0.155 e. The third-order valence-corrected chi connectivity index (χ3v) is 2.99. The molecule has 0 bridgehead atoms. The van der Waals surface area contributed by atoms with Crippen molar-refractivity contribution >= 4 is 5.69 Å². The van der Waals surface area contributed by atoms with Gasteiger partial charge >= 0.3 is 0 Å². The van der Waals surface area contributed by atoms with Gasteiger partial charge in [-0.3, -0.25) is 4.98 Å². The predicted octanol–water partition coefficient (Wildman–Crippen LogP) is 2.23. The number of nitrogens with zero attached hydrogens (tertiary/aromatic N) is 5. The van der Waals surface area contributed by atoms with Gasteiger partial charge in [0, 0.05) is 18.4 Å². The van der Waals surface area contributed by atoms with Crippen LogP contribution in [0.4, 0.5) is 5.69 Å². The van der Waals surface area contributed by atoms with Crippen molar-refractivity contribution in [2.75, 3.05) is 5.32 Å². The van der Waals surface area contributed by atoms with E-state index in [1.54, 1.807) is 29.6 Å². The molecule has 3 heterocycles. The first-order valence-corrected chi connectivity index (χ1v) is 6.30. The molecule has 0 aliphatic carbocycles. The van der Waals surface area contributed by atoms with Crippen LogP contribution in [-0.2, 0) is 0 Å². The van der Waals surface area contributed by atoms with Crippen LogP contribution in [0.2, 0.25) is 0 Å². The Morgan fingerprint density at radius 2 is 1.95 bits per heavy atom. The maximum atomic E-state index is 4.35. The lowest BCUT2D eigenvalue weighted by Gasteiger charge is -2.15. The quantitative estimate of drug-likeness (QED) is 0.784. The van der Waals surface area contributed by atoms with E-state index >= 15 is 0 Å². The van der Waals surface area contributed by atoms with Gasteiger partial charge in [0.1, 0.15) is 12.7 Å². The smallest absolute Gasteiger partial charge is 0.155 e. The van der Waals surface area contributed by atoms with Crippen molar-refractivity contribution in [1.29, 1.82) is 0 Å². The Morgan fingerprint density at radius 3 is 2.60 bits per heavy atom. The molecule has 0 spiro atoms. The van der Waals surface area contributed by atoms with E-state index in [9.17, 15) is 0 Å². The fraction of sp³-hybridized carbons (Fsp3) is 0.143. The summed E-state index contributed by atoms with van der Waals surface area (Å²) in [5, 5.41) is 7.44. The second-order valence-corrected chi connectivity index (χ2v) is 4.39. The molecule has 0 radical (unpaired) electrons. The molecule has 100 valence electrons. The highest BCUT2D eigenvalue weighted by Crippen LogP contribution is 2.18. The average Bonchev–Trinajstić information content (AvgIpc) is 3.03. The Balaban J connectivity index is 1.72. The highest BCUT2D eigenvalue weighted by Gasteiger charge is 2.05. The highest BCUT2D eigenvalue weighted by molar-refractivity contribution is 5.45. The molecule has 1 N–H and O–H groups in total. The van der Waals surface area contributed by atoms with Gasteiger partial charge in [-0.1, -0.05) is 0 Å². The Kier molecular flexibility index (Phi) is 3.36. The van der Waals surface area contributed by atoms with Gasteiger partial charge in [0.05, 0.1) is 11.9 Å². The van der Waals surface area contributed by atoms with Gasteiger partial charge in [-0.2, -0.15) is 5.10 Å². The van der Waals surface area contributed by atoms with Crippen molar-refractivity contribution in [3.63, 3.8) is 0 Å². The van der Waals surface area contributed by atoms with E-state index < -0.39 is 0 Å². The number of rotatable bonds is 4. The zero-order valence-corrected chi connectivity index (χ0v) is 11.0. The standard InChI is InChI=1S/C14H14N6/c1-11(12-4-6-15-7-5-12)19-13-2-3-14(17-8-13)20-10-16-9-18-20/h2-11,19H,1H3. The molecule has 3 aromatic heterocycles. The summed E-state index contributed by atoms with van der Waals surface area (Å²) in [7, 11) is 0. The molecule has 0 aromatic carbocycles.